The molecule has 6 nitrogen and oxygen atoms in total. The molecule has 124 valence electrons. The first kappa shape index (κ1) is 15.1. The molecule has 0 N–H and O–H groups in total. The molecule has 0 aliphatic carbocycles. The summed E-state index contributed by atoms with van der Waals surface area (Å²) in [6.07, 6.45) is 2.48. The molecule has 4 rings (SSSR count). The molecule has 2 aliphatic rings. The third kappa shape index (κ3) is 2.97. The summed E-state index contributed by atoms with van der Waals surface area (Å²) in [6, 6.07) is 10.3. The van der Waals surface area contributed by atoms with Crippen molar-refractivity contribution in [2.24, 2.45) is 0 Å². The molecule has 1 aromatic heterocycles. The molecule has 24 heavy (non-hydrogen) atoms. The van der Waals surface area contributed by atoms with Crippen molar-refractivity contribution in [2.45, 2.75) is 13.0 Å². The molecule has 6 heteroatoms. The summed E-state index contributed by atoms with van der Waals surface area (Å²) in [4.78, 5) is 25.2. The van der Waals surface area contributed by atoms with Gasteiger partial charge in [0.25, 0.3) is 5.91 Å². The lowest BCUT2D eigenvalue weighted by Gasteiger charge is -2.30. The SMILES string of the molecule is O=C(c1cc(N2CCc3ccccc3C2)ncn1)N1CCOCC1. The number of morpholine rings is 1. The van der Waals surface area contributed by atoms with E-state index >= 15 is 0 Å². The Morgan fingerprint density at radius 1 is 1.04 bits per heavy atom. The monoisotopic (exact) mass is 324 g/mol. The van der Waals surface area contributed by atoms with E-state index < -0.39 is 0 Å². The van der Waals surface area contributed by atoms with Crippen molar-refractivity contribution in [3.63, 3.8) is 0 Å². The Morgan fingerprint density at radius 2 is 1.83 bits per heavy atom. The fourth-order valence-electron chi connectivity index (χ4n) is 3.26. The molecule has 1 saturated heterocycles. The molecule has 0 radical (unpaired) electrons. The zero-order valence-electron chi connectivity index (χ0n) is 13.5. The molecule has 2 aliphatic heterocycles. The minimum absolute atomic E-state index is 0.0423. The lowest BCUT2D eigenvalue weighted by molar-refractivity contribution is 0.0299. The molecule has 0 atom stereocenters. The zero-order chi connectivity index (χ0) is 16.4. The highest BCUT2D eigenvalue weighted by molar-refractivity contribution is 5.93. The largest absolute Gasteiger partial charge is 0.378 e. The van der Waals surface area contributed by atoms with Gasteiger partial charge in [-0.15, -0.1) is 0 Å². The Hall–Kier alpha value is -2.47. The third-order valence-corrected chi connectivity index (χ3v) is 4.62. The molecular formula is C18H20N4O2. The van der Waals surface area contributed by atoms with E-state index in [4.69, 9.17) is 4.74 Å². The lowest BCUT2D eigenvalue weighted by atomic mass is 10.00. The van der Waals surface area contributed by atoms with E-state index in [9.17, 15) is 4.79 Å². The predicted octanol–water partition coefficient (Wildman–Crippen LogP) is 1.51. The van der Waals surface area contributed by atoms with E-state index in [-0.39, 0.29) is 5.91 Å². The third-order valence-electron chi connectivity index (χ3n) is 4.62. The molecule has 0 saturated carbocycles. The molecule has 1 amide bonds. The summed E-state index contributed by atoms with van der Waals surface area (Å²) in [5.41, 5.74) is 3.18. The number of carbonyl (C=O) groups is 1. The second-order valence-corrected chi connectivity index (χ2v) is 6.11. The fourth-order valence-corrected chi connectivity index (χ4v) is 3.26. The van der Waals surface area contributed by atoms with Crippen LogP contribution in [0.2, 0.25) is 0 Å². The highest BCUT2D eigenvalue weighted by Gasteiger charge is 2.22. The molecule has 0 spiro atoms. The van der Waals surface area contributed by atoms with Gasteiger partial charge in [0, 0.05) is 32.2 Å². The smallest absolute Gasteiger partial charge is 0.272 e. The van der Waals surface area contributed by atoms with Gasteiger partial charge in [0.15, 0.2) is 0 Å². The Morgan fingerprint density at radius 3 is 2.67 bits per heavy atom. The lowest BCUT2D eigenvalue weighted by Crippen LogP contribution is -2.41. The number of ether oxygens (including phenoxy) is 1. The molecule has 0 unspecified atom stereocenters. The van der Waals surface area contributed by atoms with Crippen LogP contribution in [0.3, 0.4) is 0 Å². The van der Waals surface area contributed by atoms with Gasteiger partial charge in [-0.2, -0.15) is 0 Å². The quantitative estimate of drug-likeness (QED) is 0.838. The van der Waals surface area contributed by atoms with E-state index in [1.807, 2.05) is 6.07 Å². The minimum Gasteiger partial charge on any atom is -0.378 e. The molecular weight excluding hydrogens is 304 g/mol. The highest BCUT2D eigenvalue weighted by Crippen LogP contribution is 2.23. The van der Waals surface area contributed by atoms with E-state index in [0.29, 0.717) is 32.0 Å². The first-order valence-electron chi connectivity index (χ1n) is 8.32. The Labute approximate surface area is 141 Å². The van der Waals surface area contributed by atoms with Crippen molar-refractivity contribution in [3.05, 3.63) is 53.5 Å². The van der Waals surface area contributed by atoms with Gasteiger partial charge in [-0.3, -0.25) is 4.79 Å². The maximum absolute atomic E-state index is 12.6. The molecule has 3 heterocycles. The van der Waals surface area contributed by atoms with Crippen molar-refractivity contribution >= 4 is 11.7 Å². The van der Waals surface area contributed by atoms with E-state index in [1.165, 1.54) is 17.5 Å². The van der Waals surface area contributed by atoms with Crippen molar-refractivity contribution < 1.29 is 9.53 Å². The molecule has 1 fully saturated rings. The van der Waals surface area contributed by atoms with Crippen LogP contribution in [0.15, 0.2) is 36.7 Å². The number of benzene rings is 1. The average Bonchev–Trinajstić information content (AvgIpc) is 2.68. The fraction of sp³-hybridized carbons (Fsp3) is 0.389. The second kappa shape index (κ2) is 6.57. The first-order valence-corrected chi connectivity index (χ1v) is 8.32. The number of nitrogens with zero attached hydrogens (tertiary/aromatic N) is 4. The number of rotatable bonds is 2. The van der Waals surface area contributed by atoms with Gasteiger partial charge in [-0.25, -0.2) is 9.97 Å². The average molecular weight is 324 g/mol. The Balaban J connectivity index is 1.54. The Kier molecular flexibility index (Phi) is 4.13. The van der Waals surface area contributed by atoms with E-state index in [0.717, 1.165) is 25.3 Å². The Bertz CT molecular complexity index is 743. The van der Waals surface area contributed by atoms with Gasteiger partial charge in [-0.1, -0.05) is 24.3 Å². The van der Waals surface area contributed by atoms with Crippen molar-refractivity contribution in [1.82, 2.24) is 14.9 Å². The number of aromatic nitrogens is 2. The summed E-state index contributed by atoms with van der Waals surface area (Å²) in [5, 5.41) is 0. The summed E-state index contributed by atoms with van der Waals surface area (Å²) in [5.74, 6) is 0.774. The number of anilines is 1. The normalized spacial score (nSPS) is 17.5. The van der Waals surface area contributed by atoms with Crippen LogP contribution in [0, 0.1) is 0 Å². The first-order chi connectivity index (χ1) is 11.8. The van der Waals surface area contributed by atoms with Crippen LogP contribution in [0.25, 0.3) is 0 Å². The molecule has 2 aromatic rings. The van der Waals surface area contributed by atoms with Crippen LogP contribution in [0.5, 0.6) is 0 Å². The standard InChI is InChI=1S/C18H20N4O2/c23-18(21-7-9-24-10-8-21)16-11-17(20-13-19-16)22-6-5-14-3-1-2-4-15(14)12-22/h1-4,11,13H,5-10,12H2. The summed E-state index contributed by atoms with van der Waals surface area (Å²) in [7, 11) is 0. The van der Waals surface area contributed by atoms with Crippen LogP contribution in [0.1, 0.15) is 21.6 Å². The number of hydrogen-bond donors (Lipinski definition) is 0. The van der Waals surface area contributed by atoms with Gasteiger partial charge in [0.1, 0.15) is 17.8 Å². The molecule has 1 aromatic carbocycles. The number of amides is 1. The van der Waals surface area contributed by atoms with Crippen LogP contribution < -0.4 is 4.90 Å². The van der Waals surface area contributed by atoms with Gasteiger partial charge in [0.2, 0.25) is 0 Å². The number of fused-ring (bicyclic) bond motifs is 1. The van der Waals surface area contributed by atoms with Crippen LogP contribution >= 0.6 is 0 Å². The summed E-state index contributed by atoms with van der Waals surface area (Å²) in [6.45, 7) is 4.14. The summed E-state index contributed by atoms with van der Waals surface area (Å²) < 4.78 is 5.30. The number of hydrogen-bond acceptors (Lipinski definition) is 5. The second-order valence-electron chi connectivity index (χ2n) is 6.11. The van der Waals surface area contributed by atoms with Crippen LogP contribution in [0.4, 0.5) is 5.82 Å². The van der Waals surface area contributed by atoms with Crippen molar-refractivity contribution in [3.8, 4) is 0 Å². The van der Waals surface area contributed by atoms with Gasteiger partial charge >= 0.3 is 0 Å². The van der Waals surface area contributed by atoms with Gasteiger partial charge < -0.3 is 14.5 Å². The van der Waals surface area contributed by atoms with Crippen LogP contribution in [-0.2, 0) is 17.7 Å². The number of carbonyl (C=O) groups excluding carboxylic acids is 1. The van der Waals surface area contributed by atoms with E-state index in [2.05, 4.69) is 39.1 Å². The van der Waals surface area contributed by atoms with E-state index in [1.54, 1.807) is 4.90 Å². The maximum atomic E-state index is 12.6. The zero-order valence-corrected chi connectivity index (χ0v) is 13.5. The van der Waals surface area contributed by atoms with Gasteiger partial charge in [-0.05, 0) is 17.5 Å². The van der Waals surface area contributed by atoms with Crippen molar-refractivity contribution in [1.29, 1.82) is 0 Å². The molecule has 0 bridgehead atoms. The van der Waals surface area contributed by atoms with Gasteiger partial charge in [0.05, 0.1) is 13.2 Å². The minimum atomic E-state index is -0.0423. The highest BCUT2D eigenvalue weighted by atomic mass is 16.5. The maximum Gasteiger partial charge on any atom is 0.272 e. The predicted molar refractivity (Wildman–Crippen MR) is 90.0 cm³/mol. The van der Waals surface area contributed by atoms with Crippen molar-refractivity contribution in [2.75, 3.05) is 37.7 Å². The summed E-state index contributed by atoms with van der Waals surface area (Å²) >= 11 is 0. The topological polar surface area (TPSA) is 58.6 Å². The van der Waals surface area contributed by atoms with Crippen LogP contribution in [-0.4, -0.2) is 53.6 Å².